The van der Waals surface area contributed by atoms with Crippen molar-refractivity contribution < 1.29 is 4.79 Å². The number of hydrogen-bond acceptors (Lipinski definition) is 3. The first-order chi connectivity index (χ1) is 10.7. The van der Waals surface area contributed by atoms with Crippen LogP contribution in [0.5, 0.6) is 0 Å². The van der Waals surface area contributed by atoms with Gasteiger partial charge < -0.3 is 10.2 Å². The Kier molecular flexibility index (Phi) is 4.73. The number of hydrogen-bond donors (Lipinski definition) is 1. The van der Waals surface area contributed by atoms with Crippen molar-refractivity contribution in [1.29, 1.82) is 0 Å². The summed E-state index contributed by atoms with van der Waals surface area (Å²) in [5.41, 5.74) is 2.27. The van der Waals surface area contributed by atoms with E-state index in [-0.39, 0.29) is 5.91 Å². The summed E-state index contributed by atoms with van der Waals surface area (Å²) in [6.45, 7) is 2.10. The molecule has 0 saturated carbocycles. The van der Waals surface area contributed by atoms with Gasteiger partial charge in [0.05, 0.1) is 5.69 Å². The molecule has 0 atom stereocenters. The lowest BCUT2D eigenvalue weighted by atomic mass is 10.1. The third-order valence-electron chi connectivity index (χ3n) is 3.82. The number of anilines is 2. The number of piperidine rings is 1. The minimum absolute atomic E-state index is 0.189. The summed E-state index contributed by atoms with van der Waals surface area (Å²) in [7, 11) is 0. The molecule has 1 saturated heterocycles. The lowest BCUT2D eigenvalue weighted by Gasteiger charge is -2.28. The summed E-state index contributed by atoms with van der Waals surface area (Å²) in [5, 5.41) is 2.89. The summed E-state index contributed by atoms with van der Waals surface area (Å²) in [6.07, 6.45) is 5.41. The van der Waals surface area contributed by atoms with Crippen LogP contribution in [0.3, 0.4) is 0 Å². The van der Waals surface area contributed by atoms with Crippen LogP contribution in [0.25, 0.3) is 0 Å². The maximum absolute atomic E-state index is 12.4. The molecule has 1 aromatic carbocycles. The van der Waals surface area contributed by atoms with Crippen LogP contribution in [0.15, 0.2) is 47.1 Å². The second-order valence-corrected chi connectivity index (χ2v) is 6.24. The fourth-order valence-electron chi connectivity index (χ4n) is 2.64. The van der Waals surface area contributed by atoms with E-state index in [9.17, 15) is 4.79 Å². The molecule has 1 aromatic heterocycles. The van der Waals surface area contributed by atoms with Crippen LogP contribution in [0.1, 0.15) is 29.8 Å². The topological polar surface area (TPSA) is 45.2 Å². The van der Waals surface area contributed by atoms with Gasteiger partial charge in [-0.3, -0.25) is 9.78 Å². The normalized spacial score (nSPS) is 14.7. The lowest BCUT2D eigenvalue weighted by molar-refractivity contribution is 0.102. The van der Waals surface area contributed by atoms with E-state index in [2.05, 4.69) is 31.1 Å². The number of carbonyl (C=O) groups excluding carboxylic acids is 1. The smallest absolute Gasteiger partial charge is 0.274 e. The Bertz CT molecular complexity index is 668. The fourth-order valence-corrected chi connectivity index (χ4v) is 3.03. The first kappa shape index (κ1) is 15.0. The van der Waals surface area contributed by atoms with Crippen molar-refractivity contribution in [3.8, 4) is 0 Å². The average Bonchev–Trinajstić information content (AvgIpc) is 2.58. The summed E-state index contributed by atoms with van der Waals surface area (Å²) in [4.78, 5) is 18.9. The zero-order chi connectivity index (χ0) is 15.4. The Hall–Kier alpha value is -1.88. The Labute approximate surface area is 138 Å². The number of amides is 1. The summed E-state index contributed by atoms with van der Waals surface area (Å²) < 4.78 is 0.857. The lowest BCUT2D eigenvalue weighted by Crippen LogP contribution is -2.29. The average molecular weight is 360 g/mol. The standard InChI is InChI=1S/C17H18BrN3O/c18-14-6-2-3-7-15(14)20-17(22)16-12-13(8-9-19-16)21-10-4-1-5-11-21/h2-3,6-9,12H,1,4-5,10-11H2,(H,20,22). The first-order valence-corrected chi connectivity index (χ1v) is 8.30. The van der Waals surface area contributed by atoms with Gasteiger partial charge in [-0.2, -0.15) is 0 Å². The summed E-state index contributed by atoms with van der Waals surface area (Å²) in [5.74, 6) is -0.189. The number of pyridine rings is 1. The van der Waals surface area contributed by atoms with Gasteiger partial charge in [-0.15, -0.1) is 0 Å². The molecule has 2 heterocycles. The van der Waals surface area contributed by atoms with Crippen LogP contribution in [-0.4, -0.2) is 24.0 Å². The molecule has 1 N–H and O–H groups in total. The molecule has 2 aromatic rings. The molecule has 0 aliphatic carbocycles. The molecule has 1 fully saturated rings. The Morgan fingerprint density at radius 2 is 1.91 bits per heavy atom. The fraction of sp³-hybridized carbons (Fsp3) is 0.294. The first-order valence-electron chi connectivity index (χ1n) is 7.51. The molecule has 22 heavy (non-hydrogen) atoms. The molecule has 4 nitrogen and oxygen atoms in total. The molecule has 3 rings (SSSR count). The highest BCUT2D eigenvalue weighted by Crippen LogP contribution is 2.23. The van der Waals surface area contributed by atoms with E-state index >= 15 is 0 Å². The van der Waals surface area contributed by atoms with Crippen molar-refractivity contribution in [2.24, 2.45) is 0 Å². The predicted octanol–water partition coefficient (Wildman–Crippen LogP) is 4.09. The van der Waals surface area contributed by atoms with Crippen LogP contribution in [0.2, 0.25) is 0 Å². The number of benzene rings is 1. The number of halogens is 1. The van der Waals surface area contributed by atoms with Gasteiger partial charge in [0.1, 0.15) is 5.69 Å². The van der Waals surface area contributed by atoms with Gasteiger partial charge in [0.15, 0.2) is 0 Å². The van der Waals surface area contributed by atoms with Crippen LogP contribution >= 0.6 is 15.9 Å². The van der Waals surface area contributed by atoms with Crippen LogP contribution < -0.4 is 10.2 Å². The van der Waals surface area contributed by atoms with Crippen molar-refractivity contribution in [3.05, 3.63) is 52.8 Å². The molecule has 1 aliphatic rings. The van der Waals surface area contributed by atoms with Gasteiger partial charge in [-0.1, -0.05) is 12.1 Å². The minimum Gasteiger partial charge on any atom is -0.371 e. The molecule has 1 aliphatic heterocycles. The highest BCUT2D eigenvalue weighted by molar-refractivity contribution is 9.10. The van der Waals surface area contributed by atoms with E-state index in [0.29, 0.717) is 5.69 Å². The van der Waals surface area contributed by atoms with Gasteiger partial charge in [-0.05, 0) is 59.5 Å². The third kappa shape index (κ3) is 3.47. The van der Waals surface area contributed by atoms with Crippen molar-refractivity contribution >= 4 is 33.2 Å². The van der Waals surface area contributed by atoms with Gasteiger partial charge in [0.25, 0.3) is 5.91 Å². The number of nitrogens with one attached hydrogen (secondary N) is 1. The van der Waals surface area contributed by atoms with Crippen LogP contribution in [0, 0.1) is 0 Å². The molecule has 114 valence electrons. The van der Waals surface area contributed by atoms with E-state index in [4.69, 9.17) is 0 Å². The number of para-hydroxylation sites is 1. The Morgan fingerprint density at radius 1 is 1.14 bits per heavy atom. The van der Waals surface area contributed by atoms with E-state index in [0.717, 1.165) is 28.9 Å². The second-order valence-electron chi connectivity index (χ2n) is 5.38. The predicted molar refractivity (Wildman–Crippen MR) is 92.4 cm³/mol. The second kappa shape index (κ2) is 6.92. The third-order valence-corrected chi connectivity index (χ3v) is 4.51. The van der Waals surface area contributed by atoms with Crippen molar-refractivity contribution in [3.63, 3.8) is 0 Å². The number of aromatic nitrogens is 1. The monoisotopic (exact) mass is 359 g/mol. The van der Waals surface area contributed by atoms with Crippen molar-refractivity contribution in [2.45, 2.75) is 19.3 Å². The maximum atomic E-state index is 12.4. The van der Waals surface area contributed by atoms with Gasteiger partial charge in [-0.25, -0.2) is 0 Å². The maximum Gasteiger partial charge on any atom is 0.274 e. The van der Waals surface area contributed by atoms with Crippen LogP contribution in [0.4, 0.5) is 11.4 Å². The van der Waals surface area contributed by atoms with E-state index in [1.54, 1.807) is 6.20 Å². The van der Waals surface area contributed by atoms with Crippen LogP contribution in [-0.2, 0) is 0 Å². The zero-order valence-corrected chi connectivity index (χ0v) is 13.8. The highest BCUT2D eigenvalue weighted by atomic mass is 79.9. The quantitative estimate of drug-likeness (QED) is 0.897. The van der Waals surface area contributed by atoms with Gasteiger partial charge in [0, 0.05) is 29.4 Å². The molecular formula is C17H18BrN3O. The largest absolute Gasteiger partial charge is 0.371 e. The summed E-state index contributed by atoms with van der Waals surface area (Å²) >= 11 is 3.43. The number of nitrogens with zero attached hydrogens (tertiary/aromatic N) is 2. The molecule has 0 radical (unpaired) electrons. The molecular weight excluding hydrogens is 342 g/mol. The van der Waals surface area contributed by atoms with Gasteiger partial charge >= 0.3 is 0 Å². The molecule has 0 spiro atoms. The van der Waals surface area contributed by atoms with E-state index in [1.165, 1.54) is 19.3 Å². The number of rotatable bonds is 3. The molecule has 0 bridgehead atoms. The van der Waals surface area contributed by atoms with Crippen molar-refractivity contribution in [1.82, 2.24) is 4.98 Å². The SMILES string of the molecule is O=C(Nc1ccccc1Br)c1cc(N2CCCCC2)ccn1. The van der Waals surface area contributed by atoms with Gasteiger partial charge in [0.2, 0.25) is 0 Å². The summed E-state index contributed by atoms with van der Waals surface area (Å²) in [6, 6.07) is 11.4. The number of carbonyl (C=O) groups is 1. The molecule has 5 heteroatoms. The molecule has 1 amide bonds. The molecule has 0 unspecified atom stereocenters. The zero-order valence-electron chi connectivity index (χ0n) is 12.3. The Morgan fingerprint density at radius 3 is 2.68 bits per heavy atom. The van der Waals surface area contributed by atoms with E-state index in [1.807, 2.05) is 36.4 Å². The van der Waals surface area contributed by atoms with Crippen molar-refractivity contribution in [2.75, 3.05) is 23.3 Å². The Balaban J connectivity index is 1.76. The minimum atomic E-state index is -0.189. The highest BCUT2D eigenvalue weighted by Gasteiger charge is 2.14. The van der Waals surface area contributed by atoms with E-state index < -0.39 is 0 Å².